The molecule has 0 heterocycles. The van der Waals surface area contributed by atoms with E-state index < -0.39 is 40.5 Å². The Balaban J connectivity index is 1.79. The lowest BCUT2D eigenvalue weighted by atomic mass is 9.74. The average molecular weight is 697 g/mol. The van der Waals surface area contributed by atoms with Gasteiger partial charge in [0.25, 0.3) is 0 Å². The Hall–Kier alpha value is -5.06. The SMILES string of the molecule is COc1ccc(C(O)(c2ccc(OC)cc2)[C@@H](C)N(C(=O)C2(C(N)=O)CCCC2)[C@H](C)C(O)(c2ccc(OC)cc2)c2ccc(OC)cc2)cc1. The fourth-order valence-electron chi connectivity index (χ4n) is 7.56. The zero-order valence-corrected chi connectivity index (χ0v) is 30.1. The first-order valence-corrected chi connectivity index (χ1v) is 17.1. The van der Waals surface area contributed by atoms with E-state index in [1.165, 1.54) is 4.90 Å². The zero-order chi connectivity index (χ0) is 37.0. The quantitative estimate of drug-likeness (QED) is 0.146. The van der Waals surface area contributed by atoms with Crippen molar-refractivity contribution in [1.29, 1.82) is 0 Å². The van der Waals surface area contributed by atoms with Gasteiger partial charge < -0.3 is 39.8 Å². The van der Waals surface area contributed by atoms with E-state index in [2.05, 4.69) is 0 Å². The highest BCUT2D eigenvalue weighted by Gasteiger charge is 2.56. The van der Waals surface area contributed by atoms with E-state index >= 15 is 4.79 Å². The fraction of sp³-hybridized carbons (Fsp3) is 0.366. The highest BCUT2D eigenvalue weighted by molar-refractivity contribution is 6.05. The number of rotatable bonds is 14. The number of nitrogens with zero attached hydrogens (tertiary/aromatic N) is 1. The lowest BCUT2D eigenvalue weighted by Gasteiger charge is -2.51. The maximum atomic E-state index is 15.3. The smallest absolute Gasteiger partial charge is 0.238 e. The van der Waals surface area contributed by atoms with Crippen molar-refractivity contribution in [2.45, 2.75) is 62.8 Å². The second-order valence-corrected chi connectivity index (χ2v) is 13.2. The lowest BCUT2D eigenvalue weighted by molar-refractivity contribution is -0.164. The predicted molar refractivity (Wildman–Crippen MR) is 194 cm³/mol. The van der Waals surface area contributed by atoms with Crippen molar-refractivity contribution < 1.29 is 38.7 Å². The molecule has 0 unspecified atom stereocenters. The van der Waals surface area contributed by atoms with Gasteiger partial charge in [0, 0.05) is 0 Å². The van der Waals surface area contributed by atoms with Crippen molar-refractivity contribution in [1.82, 2.24) is 4.90 Å². The second-order valence-electron chi connectivity index (χ2n) is 13.2. The van der Waals surface area contributed by atoms with Crippen LogP contribution in [0.15, 0.2) is 97.1 Å². The molecule has 2 atom stereocenters. The van der Waals surface area contributed by atoms with Crippen LogP contribution in [0.2, 0.25) is 0 Å². The van der Waals surface area contributed by atoms with Crippen molar-refractivity contribution in [3.8, 4) is 23.0 Å². The van der Waals surface area contributed by atoms with E-state index in [1.807, 2.05) is 0 Å². The highest BCUT2D eigenvalue weighted by atomic mass is 16.5. The zero-order valence-electron chi connectivity index (χ0n) is 30.1. The van der Waals surface area contributed by atoms with Gasteiger partial charge in [0.15, 0.2) is 0 Å². The minimum atomic E-state index is -1.87. The molecule has 4 aromatic rings. The Bertz CT molecular complexity index is 1580. The molecular formula is C41H48N2O8. The predicted octanol–water partition coefficient (Wildman–Crippen LogP) is 5.54. The molecule has 4 N–H and O–H groups in total. The molecule has 51 heavy (non-hydrogen) atoms. The van der Waals surface area contributed by atoms with Gasteiger partial charge in [-0.05, 0) is 97.5 Å². The van der Waals surface area contributed by atoms with Crippen LogP contribution in [-0.4, -0.2) is 67.5 Å². The van der Waals surface area contributed by atoms with Crippen LogP contribution < -0.4 is 24.7 Å². The first-order valence-electron chi connectivity index (χ1n) is 17.1. The van der Waals surface area contributed by atoms with Crippen molar-refractivity contribution >= 4 is 11.8 Å². The minimum absolute atomic E-state index is 0.254. The van der Waals surface area contributed by atoms with E-state index in [4.69, 9.17) is 24.7 Å². The Labute approximate surface area is 299 Å². The summed E-state index contributed by atoms with van der Waals surface area (Å²) in [6.45, 7) is 3.46. The van der Waals surface area contributed by atoms with Gasteiger partial charge in [-0.3, -0.25) is 9.59 Å². The molecule has 1 aliphatic rings. The summed E-state index contributed by atoms with van der Waals surface area (Å²) in [7, 11) is 6.22. The first kappa shape index (κ1) is 37.2. The van der Waals surface area contributed by atoms with Crippen molar-refractivity contribution in [3.05, 3.63) is 119 Å². The van der Waals surface area contributed by atoms with Gasteiger partial charge in [0.05, 0.1) is 40.5 Å². The van der Waals surface area contributed by atoms with Crippen molar-refractivity contribution in [3.63, 3.8) is 0 Å². The molecular weight excluding hydrogens is 648 g/mol. The number of aliphatic hydroxyl groups is 2. The molecule has 270 valence electrons. The van der Waals surface area contributed by atoms with Crippen LogP contribution in [0.25, 0.3) is 0 Å². The van der Waals surface area contributed by atoms with Crippen molar-refractivity contribution in [2.75, 3.05) is 28.4 Å². The van der Waals surface area contributed by atoms with Gasteiger partial charge in [-0.1, -0.05) is 61.4 Å². The van der Waals surface area contributed by atoms with E-state index in [9.17, 15) is 15.0 Å². The van der Waals surface area contributed by atoms with E-state index in [0.717, 1.165) is 0 Å². The van der Waals surface area contributed by atoms with Gasteiger partial charge in [0.2, 0.25) is 11.8 Å². The molecule has 4 aromatic carbocycles. The average Bonchev–Trinajstić information content (AvgIpc) is 3.69. The van der Waals surface area contributed by atoms with Gasteiger partial charge in [-0.15, -0.1) is 0 Å². The molecule has 0 bridgehead atoms. The highest BCUT2D eigenvalue weighted by Crippen LogP contribution is 2.47. The second kappa shape index (κ2) is 15.0. The topological polar surface area (TPSA) is 141 Å². The van der Waals surface area contributed by atoms with Crippen LogP contribution in [0, 0.1) is 5.41 Å². The number of nitrogens with two attached hydrogens (primary N) is 1. The summed E-state index contributed by atoms with van der Waals surface area (Å²) in [6, 6.07) is 25.6. The number of ether oxygens (including phenoxy) is 4. The molecule has 1 saturated carbocycles. The summed E-state index contributed by atoms with van der Waals surface area (Å²) in [4.78, 5) is 30.2. The molecule has 1 aliphatic carbocycles. The summed E-state index contributed by atoms with van der Waals surface area (Å²) in [5, 5.41) is 26.4. The third kappa shape index (κ3) is 6.61. The van der Waals surface area contributed by atoms with Crippen LogP contribution >= 0.6 is 0 Å². The number of benzene rings is 4. The van der Waals surface area contributed by atoms with Crippen LogP contribution in [0.5, 0.6) is 23.0 Å². The first-order chi connectivity index (χ1) is 24.4. The molecule has 0 aliphatic heterocycles. The molecule has 0 aromatic heterocycles. The van der Waals surface area contributed by atoms with Crippen LogP contribution in [-0.2, 0) is 20.8 Å². The monoisotopic (exact) mass is 696 g/mol. The summed E-state index contributed by atoms with van der Waals surface area (Å²) in [6.07, 6.45) is 1.77. The molecule has 0 saturated heterocycles. The number of methoxy groups -OCH3 is 4. The minimum Gasteiger partial charge on any atom is -0.497 e. The number of carbonyl (C=O) groups excluding carboxylic acids is 2. The summed E-state index contributed by atoms with van der Waals surface area (Å²) < 4.78 is 21.7. The van der Waals surface area contributed by atoms with E-state index in [1.54, 1.807) is 139 Å². The number of hydrogen-bond donors (Lipinski definition) is 3. The molecule has 10 nitrogen and oxygen atoms in total. The third-order valence-electron chi connectivity index (χ3n) is 10.7. The van der Waals surface area contributed by atoms with Gasteiger partial charge >= 0.3 is 0 Å². The third-order valence-corrected chi connectivity index (χ3v) is 10.7. The Morgan fingerprint density at radius 1 is 0.588 bits per heavy atom. The number of hydrogen-bond acceptors (Lipinski definition) is 8. The molecule has 2 amide bonds. The Morgan fingerprint density at radius 3 is 1.06 bits per heavy atom. The van der Waals surface area contributed by atoms with Gasteiger partial charge in [-0.2, -0.15) is 0 Å². The Kier molecular flexibility index (Phi) is 11.0. The number of amides is 2. The summed E-state index contributed by atoms with van der Waals surface area (Å²) in [5.41, 5.74) is 2.65. The maximum absolute atomic E-state index is 15.3. The summed E-state index contributed by atoms with van der Waals surface area (Å²) in [5.74, 6) is 1.03. The van der Waals surface area contributed by atoms with Crippen molar-refractivity contribution in [2.24, 2.45) is 11.1 Å². The van der Waals surface area contributed by atoms with Crippen LogP contribution in [0.1, 0.15) is 61.8 Å². The van der Waals surface area contributed by atoms with Gasteiger partial charge in [0.1, 0.15) is 39.6 Å². The number of carbonyl (C=O) groups is 2. The molecule has 0 spiro atoms. The Morgan fingerprint density at radius 2 is 0.843 bits per heavy atom. The normalized spacial score (nSPS) is 15.4. The summed E-state index contributed by atoms with van der Waals surface area (Å²) >= 11 is 0. The van der Waals surface area contributed by atoms with Crippen LogP contribution in [0.3, 0.4) is 0 Å². The van der Waals surface area contributed by atoms with E-state index in [-0.39, 0.29) is 12.8 Å². The molecule has 1 fully saturated rings. The molecule has 0 radical (unpaired) electrons. The maximum Gasteiger partial charge on any atom is 0.238 e. The molecule has 5 rings (SSSR count). The number of primary amides is 1. The van der Waals surface area contributed by atoms with E-state index in [0.29, 0.717) is 58.1 Å². The largest absolute Gasteiger partial charge is 0.497 e. The van der Waals surface area contributed by atoms with Crippen LogP contribution in [0.4, 0.5) is 0 Å². The molecule has 10 heteroatoms. The lowest BCUT2D eigenvalue weighted by Crippen LogP contribution is -2.64. The standard InChI is InChI=1S/C41H48N2O8/c1-27(40(46,29-9-17-33(48-3)18-10-29)30-11-19-34(49-4)20-12-30)43(38(45)39(37(42)44)25-7-8-26-39)28(2)41(47,31-13-21-35(50-5)22-14-31)32-15-23-36(51-6)24-16-32/h9-24,27-28,46-47H,7-8,25-26H2,1-6H3,(H2,42,44)/t27-,28-/m1/s1. The van der Waals surface area contributed by atoms with Gasteiger partial charge in [-0.25, -0.2) is 0 Å². The fourth-order valence-corrected chi connectivity index (χ4v) is 7.56.